The smallest absolute Gasteiger partial charge is 0.211 e. The summed E-state index contributed by atoms with van der Waals surface area (Å²) in [6.07, 6.45) is 8.15. The van der Waals surface area contributed by atoms with Crippen molar-refractivity contribution < 1.29 is 4.92 Å². The molecule has 2 atom stereocenters. The molecule has 4 nitrogen and oxygen atoms in total. The first-order valence-electron chi connectivity index (χ1n) is 8.37. The van der Waals surface area contributed by atoms with Crippen molar-refractivity contribution in [2.24, 2.45) is 5.92 Å². The first-order chi connectivity index (χ1) is 10.8. The van der Waals surface area contributed by atoms with Crippen LogP contribution in [0.5, 0.6) is 0 Å². The van der Waals surface area contributed by atoms with E-state index in [9.17, 15) is 10.1 Å². The van der Waals surface area contributed by atoms with E-state index in [1.165, 1.54) is 18.5 Å². The molecule has 118 valence electrons. The van der Waals surface area contributed by atoms with Crippen LogP contribution in [-0.4, -0.2) is 29.5 Å². The van der Waals surface area contributed by atoms with Crippen LogP contribution in [0.4, 0.5) is 0 Å². The van der Waals surface area contributed by atoms with Crippen molar-refractivity contribution >= 4 is 0 Å². The second kappa shape index (κ2) is 6.95. The third kappa shape index (κ3) is 3.32. The molecule has 0 amide bonds. The SMILES string of the molecule is O=[N+]([O-])C[C@@H](c1ccccc1)C1CCCC=C1N1CCCC1. The Morgan fingerprint density at radius 3 is 2.59 bits per heavy atom. The van der Waals surface area contributed by atoms with Gasteiger partial charge in [-0.25, -0.2) is 0 Å². The second-order valence-corrected chi connectivity index (χ2v) is 6.39. The van der Waals surface area contributed by atoms with Gasteiger partial charge in [0, 0.05) is 29.6 Å². The van der Waals surface area contributed by atoms with Crippen LogP contribution < -0.4 is 0 Å². The Morgan fingerprint density at radius 2 is 1.91 bits per heavy atom. The average Bonchev–Trinajstić information content (AvgIpc) is 3.08. The molecule has 1 aliphatic carbocycles. The quantitative estimate of drug-likeness (QED) is 0.613. The lowest BCUT2D eigenvalue weighted by atomic mass is 9.77. The Balaban J connectivity index is 1.89. The van der Waals surface area contributed by atoms with Gasteiger partial charge >= 0.3 is 0 Å². The maximum absolute atomic E-state index is 11.2. The van der Waals surface area contributed by atoms with Gasteiger partial charge in [0.25, 0.3) is 0 Å². The van der Waals surface area contributed by atoms with Gasteiger partial charge in [0.2, 0.25) is 6.54 Å². The maximum atomic E-state index is 11.2. The molecule has 3 rings (SSSR count). The van der Waals surface area contributed by atoms with Gasteiger partial charge in [-0.3, -0.25) is 10.1 Å². The van der Waals surface area contributed by atoms with Crippen molar-refractivity contribution in [1.82, 2.24) is 4.90 Å². The third-order valence-electron chi connectivity index (χ3n) is 4.98. The molecule has 0 N–H and O–H groups in total. The van der Waals surface area contributed by atoms with Crippen LogP contribution >= 0.6 is 0 Å². The molecule has 22 heavy (non-hydrogen) atoms. The van der Waals surface area contributed by atoms with E-state index in [0.717, 1.165) is 37.9 Å². The van der Waals surface area contributed by atoms with Crippen LogP contribution in [0, 0.1) is 16.0 Å². The van der Waals surface area contributed by atoms with Crippen molar-refractivity contribution in [2.75, 3.05) is 19.6 Å². The van der Waals surface area contributed by atoms with Gasteiger partial charge in [-0.1, -0.05) is 36.4 Å². The van der Waals surface area contributed by atoms with Crippen LogP contribution in [0.2, 0.25) is 0 Å². The normalized spacial score (nSPS) is 23.2. The van der Waals surface area contributed by atoms with Crippen molar-refractivity contribution in [1.29, 1.82) is 0 Å². The summed E-state index contributed by atoms with van der Waals surface area (Å²) in [5.41, 5.74) is 2.48. The summed E-state index contributed by atoms with van der Waals surface area (Å²) in [6.45, 7) is 2.25. The molecule has 1 aromatic rings. The minimum absolute atomic E-state index is 0.0108. The number of allylic oxidation sites excluding steroid dienone is 2. The summed E-state index contributed by atoms with van der Waals surface area (Å²) < 4.78 is 0. The lowest BCUT2D eigenvalue weighted by molar-refractivity contribution is -0.484. The number of nitrogens with zero attached hydrogens (tertiary/aromatic N) is 2. The number of likely N-dealkylation sites (tertiary alicyclic amines) is 1. The Kier molecular flexibility index (Phi) is 4.76. The topological polar surface area (TPSA) is 46.4 Å². The van der Waals surface area contributed by atoms with E-state index in [2.05, 4.69) is 11.0 Å². The van der Waals surface area contributed by atoms with Gasteiger partial charge in [-0.2, -0.15) is 0 Å². The minimum Gasteiger partial charge on any atom is -0.375 e. The largest absolute Gasteiger partial charge is 0.375 e. The minimum atomic E-state index is -0.145. The van der Waals surface area contributed by atoms with Crippen LogP contribution in [-0.2, 0) is 0 Å². The highest BCUT2D eigenvalue weighted by Crippen LogP contribution is 2.39. The fourth-order valence-corrected chi connectivity index (χ4v) is 3.96. The van der Waals surface area contributed by atoms with Crippen LogP contribution in [0.15, 0.2) is 42.1 Å². The van der Waals surface area contributed by atoms with Gasteiger partial charge in [-0.05, 0) is 37.7 Å². The van der Waals surface area contributed by atoms with Gasteiger partial charge < -0.3 is 4.90 Å². The van der Waals surface area contributed by atoms with Gasteiger partial charge in [0.1, 0.15) is 0 Å². The molecule has 1 heterocycles. The van der Waals surface area contributed by atoms with Gasteiger partial charge in [0.15, 0.2) is 0 Å². The summed E-state index contributed by atoms with van der Waals surface area (Å²) in [6, 6.07) is 10.0. The molecule has 0 saturated carbocycles. The molecule has 1 aromatic carbocycles. The fraction of sp³-hybridized carbons (Fsp3) is 0.556. The predicted molar refractivity (Wildman–Crippen MR) is 87.3 cm³/mol. The highest BCUT2D eigenvalue weighted by Gasteiger charge is 2.34. The summed E-state index contributed by atoms with van der Waals surface area (Å²) in [5.74, 6) is 0.281. The van der Waals surface area contributed by atoms with Crippen LogP contribution in [0.25, 0.3) is 0 Å². The molecule has 0 spiro atoms. The zero-order chi connectivity index (χ0) is 15.4. The zero-order valence-corrected chi connectivity index (χ0v) is 13.0. The first-order valence-corrected chi connectivity index (χ1v) is 8.37. The first kappa shape index (κ1) is 15.1. The van der Waals surface area contributed by atoms with Crippen molar-refractivity contribution in [3.8, 4) is 0 Å². The second-order valence-electron chi connectivity index (χ2n) is 6.39. The summed E-state index contributed by atoms with van der Waals surface area (Å²) in [5, 5.41) is 11.2. The van der Waals surface area contributed by atoms with E-state index in [1.54, 1.807) is 0 Å². The van der Waals surface area contributed by atoms with Crippen LogP contribution in [0.3, 0.4) is 0 Å². The standard InChI is InChI=1S/C18H24N2O2/c21-20(22)14-17(15-8-2-1-3-9-15)16-10-4-5-11-18(16)19-12-6-7-13-19/h1-3,8-9,11,16-17H,4-7,10,12-14H2/t16?,17-/m0/s1. The number of hydrogen-bond donors (Lipinski definition) is 0. The molecule has 1 fully saturated rings. The fourth-order valence-electron chi connectivity index (χ4n) is 3.96. The lowest BCUT2D eigenvalue weighted by Crippen LogP contribution is -2.32. The van der Waals surface area contributed by atoms with Crippen molar-refractivity contribution in [2.45, 2.75) is 38.0 Å². The predicted octanol–water partition coefficient (Wildman–Crippen LogP) is 3.83. The van der Waals surface area contributed by atoms with Gasteiger partial charge in [0.05, 0.1) is 5.92 Å². The molecule has 1 unspecified atom stereocenters. The number of hydrogen-bond acceptors (Lipinski definition) is 3. The summed E-state index contributed by atoms with van der Waals surface area (Å²) in [4.78, 5) is 13.6. The molecular weight excluding hydrogens is 276 g/mol. The van der Waals surface area contributed by atoms with E-state index in [-0.39, 0.29) is 17.4 Å². The third-order valence-corrected chi connectivity index (χ3v) is 4.98. The molecule has 0 aromatic heterocycles. The monoisotopic (exact) mass is 300 g/mol. The van der Waals surface area contributed by atoms with E-state index >= 15 is 0 Å². The molecule has 2 aliphatic rings. The lowest BCUT2D eigenvalue weighted by Gasteiger charge is -2.35. The molecular formula is C18H24N2O2. The highest BCUT2D eigenvalue weighted by molar-refractivity contribution is 5.25. The van der Waals surface area contributed by atoms with E-state index in [0.29, 0.717) is 5.92 Å². The summed E-state index contributed by atoms with van der Waals surface area (Å²) in [7, 11) is 0. The average molecular weight is 300 g/mol. The van der Waals surface area contributed by atoms with E-state index in [4.69, 9.17) is 0 Å². The molecule has 1 saturated heterocycles. The van der Waals surface area contributed by atoms with E-state index in [1.807, 2.05) is 30.3 Å². The Morgan fingerprint density at radius 1 is 1.18 bits per heavy atom. The number of rotatable bonds is 5. The maximum Gasteiger partial charge on any atom is 0.211 e. The Hall–Kier alpha value is -1.84. The van der Waals surface area contributed by atoms with Crippen molar-refractivity contribution in [3.63, 3.8) is 0 Å². The molecule has 0 radical (unpaired) electrons. The highest BCUT2D eigenvalue weighted by atomic mass is 16.6. The number of benzene rings is 1. The van der Waals surface area contributed by atoms with E-state index < -0.39 is 0 Å². The van der Waals surface area contributed by atoms with Gasteiger partial charge in [-0.15, -0.1) is 0 Å². The molecule has 4 heteroatoms. The van der Waals surface area contributed by atoms with Crippen LogP contribution in [0.1, 0.15) is 43.6 Å². The number of nitro groups is 1. The molecule has 1 aliphatic heterocycles. The summed E-state index contributed by atoms with van der Waals surface area (Å²) >= 11 is 0. The Labute approximate surface area is 132 Å². The van der Waals surface area contributed by atoms with Crippen molar-refractivity contribution in [3.05, 3.63) is 57.8 Å². The zero-order valence-electron chi connectivity index (χ0n) is 13.0. The molecule has 0 bridgehead atoms. The Bertz CT molecular complexity index is 535.